The maximum Gasteiger partial charge on any atom is 0.408 e. The van der Waals surface area contributed by atoms with Crippen molar-refractivity contribution in [3.63, 3.8) is 0 Å². The van der Waals surface area contributed by atoms with Gasteiger partial charge in [0, 0.05) is 22.9 Å². The van der Waals surface area contributed by atoms with E-state index < -0.39 is 52.8 Å². The monoisotopic (exact) mass is 657 g/mol. The number of amides is 3. The average molecular weight is 658 g/mol. The van der Waals surface area contributed by atoms with Gasteiger partial charge in [-0.25, -0.2) is 14.0 Å². The Kier molecular flexibility index (Phi) is 11.7. The summed E-state index contributed by atoms with van der Waals surface area (Å²) in [7, 11) is 1.22. The van der Waals surface area contributed by atoms with Gasteiger partial charge in [0.2, 0.25) is 11.8 Å². The van der Waals surface area contributed by atoms with E-state index in [1.54, 1.807) is 37.3 Å². The minimum atomic E-state index is -1.48. The number of rotatable bonds is 12. The van der Waals surface area contributed by atoms with Crippen molar-refractivity contribution in [3.8, 4) is 0 Å². The van der Waals surface area contributed by atoms with E-state index in [1.807, 2.05) is 19.9 Å². The van der Waals surface area contributed by atoms with Crippen molar-refractivity contribution in [3.05, 3.63) is 70.5 Å². The molecule has 46 heavy (non-hydrogen) atoms. The summed E-state index contributed by atoms with van der Waals surface area (Å²) in [6.45, 7) is 5.86. The van der Waals surface area contributed by atoms with Crippen molar-refractivity contribution in [1.82, 2.24) is 16.0 Å². The van der Waals surface area contributed by atoms with E-state index in [9.17, 15) is 23.6 Å². The zero-order valence-electron chi connectivity index (χ0n) is 27.0. The van der Waals surface area contributed by atoms with Gasteiger partial charge >= 0.3 is 12.1 Å². The molecule has 4 rings (SSSR count). The molecule has 250 valence electrons. The number of carbonyl (C=O) groups is 4. The lowest BCUT2D eigenvalue weighted by Crippen LogP contribution is -2.61. The fraction of sp³-hybridized carbons (Fsp3) is 0.543. The first kappa shape index (κ1) is 35.2. The molecule has 1 aliphatic carbocycles. The Hall–Kier alpha value is -3.66. The predicted octanol–water partition coefficient (Wildman–Crippen LogP) is 6.14. The zero-order valence-corrected chi connectivity index (χ0v) is 27.8. The first-order chi connectivity index (χ1) is 21.8. The molecule has 0 spiro atoms. The van der Waals surface area contributed by atoms with Crippen molar-refractivity contribution >= 4 is 35.5 Å². The fourth-order valence-corrected chi connectivity index (χ4v) is 6.89. The lowest BCUT2D eigenvalue weighted by Gasteiger charge is -2.38. The van der Waals surface area contributed by atoms with Crippen molar-refractivity contribution in [2.75, 3.05) is 13.7 Å². The highest BCUT2D eigenvalue weighted by Gasteiger charge is 2.43. The molecule has 0 radical (unpaired) electrons. The Labute approximate surface area is 275 Å². The molecule has 2 fully saturated rings. The summed E-state index contributed by atoms with van der Waals surface area (Å²) < 4.78 is 25.5. The van der Waals surface area contributed by atoms with Gasteiger partial charge in [-0.3, -0.25) is 9.59 Å². The minimum absolute atomic E-state index is 0.0731. The number of ether oxygens (including phenoxy) is 2. The van der Waals surface area contributed by atoms with Crippen molar-refractivity contribution < 1.29 is 33.0 Å². The van der Waals surface area contributed by atoms with Gasteiger partial charge in [0.25, 0.3) is 0 Å². The second-order valence-corrected chi connectivity index (χ2v) is 13.7. The molecule has 3 N–H and O–H groups in total. The van der Waals surface area contributed by atoms with Gasteiger partial charge in [-0.1, -0.05) is 81.8 Å². The van der Waals surface area contributed by atoms with E-state index in [1.165, 1.54) is 19.2 Å². The molecule has 2 aromatic carbocycles. The molecule has 2 aromatic rings. The Morgan fingerprint density at radius 1 is 1.04 bits per heavy atom. The topological polar surface area (TPSA) is 123 Å². The SMILES string of the molecule is COC(=O)[C@H](C[C@@H]1CCNC1=O)NC(=O)[C@@](C)(CC1CCCCC1)NC(=O)O[C@H](c1cccc(F)c1)C(C)(C)c1cccc(Cl)c1. The number of alkyl carbamates (subject to hydrolysis) is 1. The van der Waals surface area contributed by atoms with Gasteiger partial charge < -0.3 is 25.4 Å². The standard InChI is InChI=1S/C35H45ClFN3O6/c1-34(2,25-13-9-14-26(36)20-25)29(23-12-8-15-27(37)18-23)46-33(44)40-35(3,21-22-10-6-5-7-11-22)32(43)39-28(31(42)45-4)19-24-16-17-38-30(24)41/h8-9,12-15,18,20,22,24,28-29H,5-7,10-11,16-17,19,21H2,1-4H3,(H,38,41)(H,39,43)(H,40,44)/t24-,28-,29+,35+/m0/s1. The summed E-state index contributed by atoms with van der Waals surface area (Å²) >= 11 is 6.30. The second-order valence-electron chi connectivity index (χ2n) is 13.3. The molecular formula is C35H45ClFN3O6. The second kappa shape index (κ2) is 15.3. The van der Waals surface area contributed by atoms with E-state index >= 15 is 0 Å². The number of methoxy groups -OCH3 is 1. The van der Waals surface area contributed by atoms with Crippen molar-refractivity contribution in [2.45, 2.75) is 95.2 Å². The minimum Gasteiger partial charge on any atom is -0.467 e. The van der Waals surface area contributed by atoms with Gasteiger partial charge in [-0.05, 0) is 67.5 Å². The maximum atomic E-state index is 14.4. The van der Waals surface area contributed by atoms with Crippen LogP contribution in [0.4, 0.5) is 9.18 Å². The van der Waals surface area contributed by atoms with Crippen LogP contribution in [0.5, 0.6) is 0 Å². The Bertz CT molecular complexity index is 1410. The third-order valence-electron chi connectivity index (χ3n) is 9.38. The molecule has 4 atom stereocenters. The van der Waals surface area contributed by atoms with Crippen LogP contribution in [0.25, 0.3) is 0 Å². The molecule has 0 bridgehead atoms. The normalized spacial score (nSPS) is 19.7. The first-order valence-corrected chi connectivity index (χ1v) is 16.4. The van der Waals surface area contributed by atoms with Crippen LogP contribution >= 0.6 is 11.6 Å². The van der Waals surface area contributed by atoms with Crippen LogP contribution < -0.4 is 16.0 Å². The number of benzene rings is 2. The van der Waals surface area contributed by atoms with Gasteiger partial charge in [0.05, 0.1) is 7.11 Å². The van der Waals surface area contributed by atoms with E-state index in [0.717, 1.165) is 37.7 Å². The lowest BCUT2D eigenvalue weighted by molar-refractivity contribution is -0.146. The highest BCUT2D eigenvalue weighted by atomic mass is 35.5. The van der Waals surface area contributed by atoms with Crippen LogP contribution in [0.15, 0.2) is 48.5 Å². The lowest BCUT2D eigenvalue weighted by atomic mass is 9.76. The highest BCUT2D eigenvalue weighted by molar-refractivity contribution is 6.30. The number of halogens is 2. The van der Waals surface area contributed by atoms with E-state index in [0.29, 0.717) is 30.0 Å². The molecule has 9 nitrogen and oxygen atoms in total. The first-order valence-electron chi connectivity index (χ1n) is 16.0. The number of carbonyl (C=O) groups excluding carboxylic acids is 4. The van der Waals surface area contributed by atoms with Gasteiger partial charge in [-0.2, -0.15) is 0 Å². The number of nitrogens with one attached hydrogen (secondary N) is 3. The van der Waals surface area contributed by atoms with E-state index in [2.05, 4.69) is 16.0 Å². The summed E-state index contributed by atoms with van der Waals surface area (Å²) in [6, 6.07) is 11.9. The maximum absolute atomic E-state index is 14.4. The van der Waals surface area contributed by atoms with Crippen LogP contribution in [0.1, 0.15) is 89.4 Å². The third-order valence-corrected chi connectivity index (χ3v) is 9.61. The highest BCUT2D eigenvalue weighted by Crippen LogP contribution is 2.41. The van der Waals surface area contributed by atoms with Crippen molar-refractivity contribution in [2.24, 2.45) is 11.8 Å². The zero-order chi connectivity index (χ0) is 33.5. The van der Waals surface area contributed by atoms with Gasteiger partial charge in [0.1, 0.15) is 23.5 Å². The Balaban J connectivity index is 1.62. The Morgan fingerprint density at radius 2 is 1.76 bits per heavy atom. The van der Waals surface area contributed by atoms with E-state index in [4.69, 9.17) is 21.1 Å². The summed E-state index contributed by atoms with van der Waals surface area (Å²) in [5.41, 5.74) is -1.15. The summed E-state index contributed by atoms with van der Waals surface area (Å²) in [4.78, 5) is 52.9. The Morgan fingerprint density at radius 3 is 2.39 bits per heavy atom. The summed E-state index contributed by atoms with van der Waals surface area (Å²) in [5.74, 6) is -2.22. The quantitative estimate of drug-likeness (QED) is 0.236. The van der Waals surface area contributed by atoms with Gasteiger partial charge in [-0.15, -0.1) is 0 Å². The molecular weight excluding hydrogens is 613 g/mol. The van der Waals surface area contributed by atoms with Gasteiger partial charge in [0.15, 0.2) is 0 Å². The van der Waals surface area contributed by atoms with Crippen LogP contribution in [0, 0.1) is 17.7 Å². The van der Waals surface area contributed by atoms with Crippen LogP contribution in [0.2, 0.25) is 5.02 Å². The van der Waals surface area contributed by atoms with Crippen LogP contribution in [-0.4, -0.2) is 49.1 Å². The fourth-order valence-electron chi connectivity index (χ4n) is 6.70. The van der Waals surface area contributed by atoms with Crippen molar-refractivity contribution in [1.29, 1.82) is 0 Å². The molecule has 3 amide bonds. The molecule has 1 aliphatic heterocycles. The van der Waals surface area contributed by atoms with E-state index in [-0.39, 0.29) is 18.2 Å². The molecule has 1 saturated carbocycles. The summed E-state index contributed by atoms with van der Waals surface area (Å²) in [6.07, 6.45) is 4.03. The smallest absolute Gasteiger partial charge is 0.408 e. The number of hydrogen-bond donors (Lipinski definition) is 3. The number of esters is 1. The molecule has 0 aromatic heterocycles. The molecule has 2 aliphatic rings. The average Bonchev–Trinajstić information content (AvgIpc) is 3.43. The van der Waals surface area contributed by atoms with Crippen LogP contribution in [0.3, 0.4) is 0 Å². The van der Waals surface area contributed by atoms with Crippen LogP contribution in [-0.2, 0) is 29.3 Å². The molecule has 1 saturated heterocycles. The summed E-state index contributed by atoms with van der Waals surface area (Å²) in [5, 5.41) is 8.86. The molecule has 11 heteroatoms. The largest absolute Gasteiger partial charge is 0.467 e. The predicted molar refractivity (Wildman–Crippen MR) is 173 cm³/mol. The number of hydrogen-bond acceptors (Lipinski definition) is 6. The third kappa shape index (κ3) is 8.78. The molecule has 1 heterocycles. The molecule has 0 unspecified atom stereocenters.